The average molecular weight is 324 g/mol. The predicted octanol–water partition coefficient (Wildman–Crippen LogP) is 0.277. The summed E-state index contributed by atoms with van der Waals surface area (Å²) in [5, 5.41) is 20.8. The second kappa shape index (κ2) is 5.68. The molecule has 0 spiro atoms. The number of carbonyl (C=O) groups excluding carboxylic acids is 1. The minimum absolute atomic E-state index is 0.222. The molecule has 0 amide bonds. The van der Waals surface area contributed by atoms with Crippen LogP contribution in [0.5, 0.6) is 0 Å². The highest BCUT2D eigenvalue weighted by atomic mass is 32.2. The van der Waals surface area contributed by atoms with Crippen molar-refractivity contribution in [1.82, 2.24) is 0 Å². The molecule has 2 rings (SSSR count). The molecule has 0 saturated carbocycles. The van der Waals surface area contributed by atoms with Gasteiger partial charge in [0, 0.05) is 11.8 Å². The SMILES string of the molecule is COC1=CC(c2ccccc2)=C(C=O)C(O)C1(O)S(C)(=O)=O. The van der Waals surface area contributed by atoms with Gasteiger partial charge in [-0.2, -0.15) is 0 Å². The number of aliphatic hydroxyl groups excluding tert-OH is 1. The first kappa shape index (κ1) is 16.4. The highest BCUT2D eigenvalue weighted by molar-refractivity contribution is 7.92. The third-order valence-corrected chi connectivity index (χ3v) is 5.16. The van der Waals surface area contributed by atoms with Crippen molar-refractivity contribution in [3.05, 3.63) is 53.3 Å². The number of methoxy groups -OCH3 is 1. The van der Waals surface area contributed by atoms with Crippen LogP contribution in [0.4, 0.5) is 0 Å². The summed E-state index contributed by atoms with van der Waals surface area (Å²) in [4.78, 5) is 8.67. The zero-order valence-corrected chi connectivity index (χ0v) is 12.9. The van der Waals surface area contributed by atoms with Crippen LogP contribution in [-0.4, -0.2) is 49.3 Å². The van der Waals surface area contributed by atoms with Crippen molar-refractivity contribution in [1.29, 1.82) is 0 Å². The van der Waals surface area contributed by atoms with Gasteiger partial charge in [0.15, 0.2) is 9.84 Å². The van der Waals surface area contributed by atoms with Crippen molar-refractivity contribution >= 4 is 21.7 Å². The highest BCUT2D eigenvalue weighted by Crippen LogP contribution is 2.39. The fourth-order valence-electron chi connectivity index (χ4n) is 2.40. The molecule has 2 N–H and O–H groups in total. The fraction of sp³-hybridized carbons (Fsp3) is 0.267. The molecule has 2 unspecified atom stereocenters. The molecule has 1 aliphatic carbocycles. The molecular weight excluding hydrogens is 308 g/mol. The number of carbonyl (C=O) groups is 1. The van der Waals surface area contributed by atoms with E-state index >= 15 is 0 Å². The van der Waals surface area contributed by atoms with Gasteiger partial charge in [0.25, 0.3) is 4.93 Å². The van der Waals surface area contributed by atoms with Gasteiger partial charge >= 0.3 is 0 Å². The van der Waals surface area contributed by atoms with Crippen LogP contribution in [0, 0.1) is 0 Å². The number of aliphatic hydroxyl groups is 2. The maximum Gasteiger partial charge on any atom is 0.253 e. The van der Waals surface area contributed by atoms with Crippen LogP contribution in [0.15, 0.2) is 47.7 Å². The number of hydrogen-bond acceptors (Lipinski definition) is 6. The van der Waals surface area contributed by atoms with E-state index in [9.17, 15) is 23.4 Å². The first-order chi connectivity index (χ1) is 10.3. The molecule has 0 aromatic heterocycles. The Kier molecular flexibility index (Phi) is 4.23. The van der Waals surface area contributed by atoms with Gasteiger partial charge in [0.1, 0.15) is 18.1 Å². The zero-order chi connectivity index (χ0) is 16.5. The van der Waals surface area contributed by atoms with Gasteiger partial charge in [-0.1, -0.05) is 30.3 Å². The molecule has 2 atom stereocenters. The van der Waals surface area contributed by atoms with E-state index in [1.807, 2.05) is 0 Å². The average Bonchev–Trinajstić information content (AvgIpc) is 2.49. The van der Waals surface area contributed by atoms with Crippen LogP contribution in [0.3, 0.4) is 0 Å². The summed E-state index contributed by atoms with van der Waals surface area (Å²) in [6.45, 7) is 0. The summed E-state index contributed by atoms with van der Waals surface area (Å²) in [6, 6.07) is 8.63. The predicted molar refractivity (Wildman–Crippen MR) is 80.3 cm³/mol. The van der Waals surface area contributed by atoms with Crippen molar-refractivity contribution < 1.29 is 28.2 Å². The van der Waals surface area contributed by atoms with Crippen molar-refractivity contribution in [2.75, 3.05) is 13.4 Å². The van der Waals surface area contributed by atoms with Gasteiger partial charge < -0.3 is 14.9 Å². The largest absolute Gasteiger partial charge is 0.497 e. The maximum absolute atomic E-state index is 11.9. The van der Waals surface area contributed by atoms with E-state index in [4.69, 9.17) is 4.74 Å². The molecule has 1 aliphatic rings. The lowest BCUT2D eigenvalue weighted by Gasteiger charge is -2.36. The third kappa shape index (κ3) is 2.37. The van der Waals surface area contributed by atoms with Gasteiger partial charge in [-0.15, -0.1) is 0 Å². The quantitative estimate of drug-likeness (QED) is 0.772. The van der Waals surface area contributed by atoms with E-state index in [0.717, 1.165) is 6.26 Å². The molecule has 0 bridgehead atoms. The fourth-order valence-corrected chi connectivity index (χ4v) is 3.44. The Morgan fingerprint density at radius 2 is 1.86 bits per heavy atom. The third-order valence-electron chi connectivity index (χ3n) is 3.60. The first-order valence-corrected chi connectivity index (χ1v) is 8.27. The van der Waals surface area contributed by atoms with Crippen LogP contribution < -0.4 is 0 Å². The molecule has 0 saturated heterocycles. The minimum Gasteiger partial charge on any atom is -0.497 e. The number of benzene rings is 1. The van der Waals surface area contributed by atoms with Crippen molar-refractivity contribution in [3.8, 4) is 0 Å². The van der Waals surface area contributed by atoms with Crippen LogP contribution >= 0.6 is 0 Å². The second-order valence-electron chi connectivity index (χ2n) is 4.94. The number of sulfone groups is 1. The van der Waals surface area contributed by atoms with E-state index < -0.39 is 20.9 Å². The number of rotatable bonds is 4. The normalized spacial score (nSPS) is 25.6. The molecule has 7 heteroatoms. The molecular formula is C15H16O6S. The van der Waals surface area contributed by atoms with E-state index in [2.05, 4.69) is 0 Å². The van der Waals surface area contributed by atoms with E-state index in [1.54, 1.807) is 30.3 Å². The van der Waals surface area contributed by atoms with Crippen LogP contribution in [-0.2, 0) is 19.4 Å². The Balaban J connectivity index is 2.75. The van der Waals surface area contributed by atoms with Crippen molar-refractivity contribution in [2.45, 2.75) is 11.0 Å². The summed E-state index contributed by atoms with van der Waals surface area (Å²) < 4.78 is 28.8. The molecule has 0 heterocycles. The molecule has 0 aliphatic heterocycles. The molecule has 6 nitrogen and oxygen atoms in total. The molecule has 1 aromatic carbocycles. The van der Waals surface area contributed by atoms with E-state index in [0.29, 0.717) is 17.4 Å². The summed E-state index contributed by atoms with van der Waals surface area (Å²) in [5.74, 6) is -0.341. The number of ether oxygens (including phenoxy) is 1. The topological polar surface area (TPSA) is 101 Å². The van der Waals surface area contributed by atoms with E-state index in [1.165, 1.54) is 13.2 Å². The first-order valence-electron chi connectivity index (χ1n) is 6.38. The number of allylic oxidation sites excluding steroid dienone is 2. The molecule has 22 heavy (non-hydrogen) atoms. The monoisotopic (exact) mass is 324 g/mol. The highest BCUT2D eigenvalue weighted by Gasteiger charge is 2.54. The van der Waals surface area contributed by atoms with E-state index in [-0.39, 0.29) is 11.3 Å². The number of aldehydes is 1. The summed E-state index contributed by atoms with van der Waals surface area (Å²) in [5.41, 5.74) is 0.668. The Hall–Kier alpha value is -1.96. The van der Waals surface area contributed by atoms with Gasteiger partial charge in [-0.25, -0.2) is 8.42 Å². The number of hydrogen-bond donors (Lipinski definition) is 2. The lowest BCUT2D eigenvalue weighted by molar-refractivity contribution is -0.107. The maximum atomic E-state index is 11.9. The van der Waals surface area contributed by atoms with Gasteiger partial charge in [0.2, 0.25) is 0 Å². The smallest absolute Gasteiger partial charge is 0.253 e. The Labute approximate surface area is 128 Å². The molecule has 0 fully saturated rings. The standard InChI is InChI=1S/C15H16O6S/c1-21-13-8-11(10-6-4-3-5-7-10)12(9-16)14(17)15(13,18)22(2,19)20/h3-9,14,17-18H,1-2H3. The summed E-state index contributed by atoms with van der Waals surface area (Å²) in [7, 11) is -2.98. The lowest BCUT2D eigenvalue weighted by atomic mass is 9.88. The van der Waals surface area contributed by atoms with Gasteiger partial charge in [-0.3, -0.25) is 4.79 Å². The molecule has 1 aromatic rings. The molecule has 0 radical (unpaired) electrons. The van der Waals surface area contributed by atoms with Crippen molar-refractivity contribution in [2.24, 2.45) is 0 Å². The Bertz CT molecular complexity index is 747. The van der Waals surface area contributed by atoms with Crippen LogP contribution in [0.2, 0.25) is 0 Å². The zero-order valence-electron chi connectivity index (χ0n) is 12.1. The van der Waals surface area contributed by atoms with Crippen LogP contribution in [0.25, 0.3) is 5.57 Å². The van der Waals surface area contributed by atoms with Gasteiger partial charge in [0.05, 0.1) is 7.11 Å². The Morgan fingerprint density at radius 1 is 1.27 bits per heavy atom. The minimum atomic E-state index is -4.17. The van der Waals surface area contributed by atoms with Crippen molar-refractivity contribution in [3.63, 3.8) is 0 Å². The van der Waals surface area contributed by atoms with Gasteiger partial charge in [-0.05, 0) is 17.2 Å². The molecule has 118 valence electrons. The second-order valence-corrected chi connectivity index (χ2v) is 7.10. The lowest BCUT2D eigenvalue weighted by Crippen LogP contribution is -2.53. The Morgan fingerprint density at radius 3 is 2.32 bits per heavy atom. The summed E-state index contributed by atoms with van der Waals surface area (Å²) >= 11 is 0. The van der Waals surface area contributed by atoms with Crippen LogP contribution in [0.1, 0.15) is 5.56 Å². The summed E-state index contributed by atoms with van der Waals surface area (Å²) in [6.07, 6.45) is 0.410.